The lowest BCUT2D eigenvalue weighted by Crippen LogP contribution is -2.28. The number of carbonyl (C=O) groups excluding carboxylic acids is 2. The first-order valence-corrected chi connectivity index (χ1v) is 6.28. The van der Waals surface area contributed by atoms with Crippen molar-refractivity contribution in [1.29, 1.82) is 0 Å². The van der Waals surface area contributed by atoms with E-state index < -0.39 is 0 Å². The van der Waals surface area contributed by atoms with E-state index in [1.165, 1.54) is 6.08 Å². The topological polar surface area (TPSA) is 46.2 Å². The van der Waals surface area contributed by atoms with Crippen molar-refractivity contribution in [3.63, 3.8) is 0 Å². The fourth-order valence-corrected chi connectivity index (χ4v) is 2.41. The molecule has 1 N–H and O–H groups in total. The van der Waals surface area contributed by atoms with Gasteiger partial charge in [0.25, 0.3) is 0 Å². The summed E-state index contributed by atoms with van der Waals surface area (Å²) in [6.45, 7) is 7.81. The number of ketones is 2. The summed E-state index contributed by atoms with van der Waals surface area (Å²) in [5.74, 6) is -0.0434. The van der Waals surface area contributed by atoms with Gasteiger partial charge in [0.2, 0.25) is 5.78 Å². The van der Waals surface area contributed by atoms with Crippen molar-refractivity contribution in [2.45, 2.75) is 40.2 Å². The molecule has 0 amide bonds. The molecule has 1 aliphatic heterocycles. The molecule has 3 nitrogen and oxygen atoms in total. The van der Waals surface area contributed by atoms with Crippen LogP contribution >= 0.6 is 0 Å². The van der Waals surface area contributed by atoms with E-state index in [0.717, 1.165) is 0 Å². The largest absolute Gasteiger partial charge is 0.375 e. The lowest BCUT2D eigenvalue weighted by atomic mass is 9.78. The molecular weight excluding hydrogens is 226 g/mol. The minimum Gasteiger partial charge on any atom is -0.375 e. The third kappa shape index (κ3) is 2.05. The van der Waals surface area contributed by atoms with Crippen LogP contribution in [-0.2, 0) is 9.59 Å². The maximum atomic E-state index is 12.4. The van der Waals surface area contributed by atoms with Gasteiger partial charge in [0.05, 0.1) is 5.70 Å². The van der Waals surface area contributed by atoms with Crippen molar-refractivity contribution in [1.82, 2.24) is 5.32 Å². The quantitative estimate of drug-likeness (QED) is 0.569. The second-order valence-corrected chi connectivity index (χ2v) is 5.84. The minimum absolute atomic E-state index is 0.0246. The Bertz CT molecular complexity index is 501. The average molecular weight is 245 g/mol. The number of rotatable bonds is 1. The summed E-state index contributed by atoms with van der Waals surface area (Å²) in [6, 6.07) is 0.0700. The monoisotopic (exact) mass is 245 g/mol. The number of hydrogen-bond donors (Lipinski definition) is 1. The molecule has 0 saturated carbocycles. The van der Waals surface area contributed by atoms with E-state index in [2.05, 4.69) is 5.32 Å². The Morgan fingerprint density at radius 3 is 2.56 bits per heavy atom. The average Bonchev–Trinajstić information content (AvgIpc) is 2.67. The molecule has 1 unspecified atom stereocenters. The van der Waals surface area contributed by atoms with Gasteiger partial charge in [-0.1, -0.05) is 32.9 Å². The molecule has 96 valence electrons. The van der Waals surface area contributed by atoms with Gasteiger partial charge < -0.3 is 5.32 Å². The maximum absolute atomic E-state index is 12.4. The van der Waals surface area contributed by atoms with E-state index in [0.29, 0.717) is 23.3 Å². The van der Waals surface area contributed by atoms with Gasteiger partial charge in [0, 0.05) is 23.6 Å². The molecule has 0 fully saturated rings. The highest BCUT2D eigenvalue weighted by Crippen LogP contribution is 2.35. The van der Waals surface area contributed by atoms with E-state index in [4.69, 9.17) is 0 Å². The van der Waals surface area contributed by atoms with Crippen LogP contribution in [0.15, 0.2) is 35.1 Å². The van der Waals surface area contributed by atoms with Crippen molar-refractivity contribution < 1.29 is 9.59 Å². The molecule has 3 heteroatoms. The Hall–Kier alpha value is -1.64. The summed E-state index contributed by atoms with van der Waals surface area (Å²) < 4.78 is 0. The molecular formula is C15H19NO2. The van der Waals surface area contributed by atoms with E-state index >= 15 is 0 Å². The molecule has 0 aromatic heterocycles. The fourth-order valence-electron chi connectivity index (χ4n) is 2.41. The summed E-state index contributed by atoms with van der Waals surface area (Å²) in [6.07, 6.45) is 6.02. The molecule has 2 aliphatic rings. The van der Waals surface area contributed by atoms with E-state index in [1.807, 2.05) is 39.8 Å². The number of nitrogens with one attached hydrogen (secondary N) is 1. The lowest BCUT2D eigenvalue weighted by Gasteiger charge is -2.24. The summed E-state index contributed by atoms with van der Waals surface area (Å²) in [5, 5.41) is 3.12. The van der Waals surface area contributed by atoms with E-state index in [9.17, 15) is 9.59 Å². The van der Waals surface area contributed by atoms with Gasteiger partial charge in [-0.2, -0.15) is 0 Å². The van der Waals surface area contributed by atoms with E-state index in [1.54, 1.807) is 0 Å². The molecule has 1 aliphatic carbocycles. The van der Waals surface area contributed by atoms with Crippen molar-refractivity contribution in [2.24, 2.45) is 5.41 Å². The van der Waals surface area contributed by atoms with Crippen molar-refractivity contribution in [2.75, 3.05) is 0 Å². The molecule has 18 heavy (non-hydrogen) atoms. The van der Waals surface area contributed by atoms with Gasteiger partial charge in [-0.3, -0.25) is 9.59 Å². The predicted molar refractivity (Wildman–Crippen MR) is 70.9 cm³/mol. The highest BCUT2D eigenvalue weighted by Gasteiger charge is 2.38. The van der Waals surface area contributed by atoms with Crippen molar-refractivity contribution in [3.05, 3.63) is 35.1 Å². The minimum atomic E-state index is -0.288. The first-order valence-electron chi connectivity index (χ1n) is 6.28. The Labute approximate surface area is 108 Å². The van der Waals surface area contributed by atoms with Gasteiger partial charge in [-0.05, 0) is 18.4 Å². The Morgan fingerprint density at radius 2 is 2.00 bits per heavy atom. The smallest absolute Gasteiger partial charge is 0.202 e. The molecule has 0 spiro atoms. The molecule has 1 heterocycles. The molecule has 1 atom stereocenters. The van der Waals surface area contributed by atoms with Crippen LogP contribution < -0.4 is 5.32 Å². The predicted octanol–water partition coefficient (Wildman–Crippen LogP) is 2.30. The molecule has 0 saturated heterocycles. The van der Waals surface area contributed by atoms with Gasteiger partial charge in [-0.25, -0.2) is 0 Å². The Morgan fingerprint density at radius 1 is 1.33 bits per heavy atom. The van der Waals surface area contributed by atoms with Crippen molar-refractivity contribution in [3.8, 4) is 0 Å². The lowest BCUT2D eigenvalue weighted by molar-refractivity contribution is -0.116. The SMILES string of the molecule is C/C=C/C1CC2=C(N1)C(=O)C=C(C(C)(C)C)C2=O. The van der Waals surface area contributed by atoms with E-state index in [-0.39, 0.29) is 23.0 Å². The van der Waals surface area contributed by atoms with Crippen LogP contribution in [0.4, 0.5) is 0 Å². The second-order valence-electron chi connectivity index (χ2n) is 5.84. The Balaban J connectivity index is 2.33. The molecule has 0 aromatic carbocycles. The highest BCUT2D eigenvalue weighted by molar-refractivity contribution is 6.23. The van der Waals surface area contributed by atoms with Crippen LogP contribution in [0.25, 0.3) is 0 Å². The summed E-state index contributed by atoms with van der Waals surface area (Å²) >= 11 is 0. The third-order valence-corrected chi connectivity index (χ3v) is 3.33. The molecule has 2 rings (SSSR count). The first kappa shape index (κ1) is 12.8. The van der Waals surface area contributed by atoms with Crippen molar-refractivity contribution >= 4 is 11.6 Å². The Kier molecular flexibility index (Phi) is 3.01. The number of hydrogen-bond acceptors (Lipinski definition) is 3. The van der Waals surface area contributed by atoms with Gasteiger partial charge >= 0.3 is 0 Å². The highest BCUT2D eigenvalue weighted by atomic mass is 16.1. The number of carbonyl (C=O) groups is 2. The molecule has 0 radical (unpaired) electrons. The summed E-state index contributed by atoms with van der Waals surface area (Å²) in [5.41, 5.74) is 1.48. The fraction of sp³-hybridized carbons (Fsp3) is 0.467. The van der Waals surface area contributed by atoms with Crippen LogP contribution in [0.3, 0.4) is 0 Å². The van der Waals surface area contributed by atoms with Crippen LogP contribution in [0, 0.1) is 5.41 Å². The number of Topliss-reactive ketones (excluding diaryl/α,β-unsaturated/α-hetero) is 1. The zero-order valence-electron chi connectivity index (χ0n) is 11.3. The molecule has 0 bridgehead atoms. The second kappa shape index (κ2) is 4.23. The third-order valence-electron chi connectivity index (χ3n) is 3.33. The standard InChI is InChI=1S/C15H19NO2/c1-5-6-9-7-10-13(16-9)12(17)8-11(14(10)18)15(2,3)4/h5-6,8-9,16H,7H2,1-4H3/b6-5+. The maximum Gasteiger partial charge on any atom is 0.202 e. The van der Waals surface area contributed by atoms with Crippen LogP contribution in [0.1, 0.15) is 34.1 Å². The van der Waals surface area contributed by atoms with Gasteiger partial charge in [-0.15, -0.1) is 0 Å². The summed E-state index contributed by atoms with van der Waals surface area (Å²) in [7, 11) is 0. The van der Waals surface area contributed by atoms with Crippen LogP contribution in [0.5, 0.6) is 0 Å². The first-order chi connectivity index (χ1) is 8.34. The zero-order valence-corrected chi connectivity index (χ0v) is 11.3. The van der Waals surface area contributed by atoms with Gasteiger partial charge in [0.15, 0.2) is 5.78 Å². The zero-order chi connectivity index (χ0) is 13.5. The van der Waals surface area contributed by atoms with Crippen LogP contribution in [0.2, 0.25) is 0 Å². The molecule has 0 aromatic rings. The normalized spacial score (nSPS) is 24.4. The van der Waals surface area contributed by atoms with Crippen LogP contribution in [-0.4, -0.2) is 17.6 Å². The summed E-state index contributed by atoms with van der Waals surface area (Å²) in [4.78, 5) is 24.5. The number of allylic oxidation sites excluding steroid dienone is 3. The van der Waals surface area contributed by atoms with Gasteiger partial charge in [0.1, 0.15) is 0 Å².